The van der Waals surface area contributed by atoms with Crippen molar-refractivity contribution in [3.63, 3.8) is 0 Å². The first-order valence-corrected chi connectivity index (χ1v) is 6.60. The lowest BCUT2D eigenvalue weighted by atomic mass is 10.2. The van der Waals surface area contributed by atoms with Crippen LogP contribution in [0.4, 0.5) is 18.9 Å². The van der Waals surface area contributed by atoms with Crippen LogP contribution in [0.3, 0.4) is 0 Å². The van der Waals surface area contributed by atoms with Crippen molar-refractivity contribution in [3.05, 3.63) is 23.8 Å². The van der Waals surface area contributed by atoms with Crippen molar-refractivity contribution >= 4 is 21.4 Å². The maximum Gasteiger partial charge on any atom is 0.471 e. The monoisotopic (exact) mass is 281 g/mol. The number of hydrogen-bond acceptors (Lipinski definition) is 3. The molecule has 0 aliphatic heterocycles. The Bertz CT molecular complexity index is 579. The Kier molecular flexibility index (Phi) is 3.70. The number of anilines is 1. The van der Waals surface area contributed by atoms with E-state index >= 15 is 0 Å². The van der Waals surface area contributed by atoms with Crippen LogP contribution in [0.15, 0.2) is 23.1 Å². The van der Waals surface area contributed by atoms with Crippen LogP contribution in [-0.4, -0.2) is 26.8 Å². The predicted octanol–water partition coefficient (Wildman–Crippen LogP) is 1.90. The van der Waals surface area contributed by atoms with Crippen LogP contribution in [0.1, 0.15) is 5.56 Å². The molecule has 0 aliphatic carbocycles. The number of sulfone groups is 1. The van der Waals surface area contributed by atoms with E-state index < -0.39 is 21.9 Å². The van der Waals surface area contributed by atoms with Gasteiger partial charge in [-0.15, -0.1) is 0 Å². The van der Waals surface area contributed by atoms with E-state index in [1.807, 2.05) is 0 Å². The molecule has 0 aromatic heterocycles. The van der Waals surface area contributed by atoms with Gasteiger partial charge in [-0.3, -0.25) is 4.79 Å². The van der Waals surface area contributed by atoms with E-state index in [-0.39, 0.29) is 10.6 Å². The van der Waals surface area contributed by atoms with E-state index in [2.05, 4.69) is 0 Å². The lowest BCUT2D eigenvalue weighted by Gasteiger charge is -2.11. The lowest BCUT2D eigenvalue weighted by Crippen LogP contribution is -2.30. The Morgan fingerprint density at radius 3 is 2.28 bits per heavy atom. The Hall–Kier alpha value is -1.57. The van der Waals surface area contributed by atoms with Gasteiger partial charge in [-0.2, -0.15) is 13.2 Å². The second-order valence-corrected chi connectivity index (χ2v) is 5.72. The van der Waals surface area contributed by atoms with Crippen molar-refractivity contribution < 1.29 is 26.4 Å². The van der Waals surface area contributed by atoms with Crippen LogP contribution in [-0.2, 0) is 14.6 Å². The van der Waals surface area contributed by atoms with Gasteiger partial charge in [-0.05, 0) is 24.6 Å². The molecule has 0 atom stereocenters. The van der Waals surface area contributed by atoms with E-state index in [0.29, 0.717) is 5.56 Å². The zero-order chi connectivity index (χ0) is 14.1. The van der Waals surface area contributed by atoms with Gasteiger partial charge < -0.3 is 5.32 Å². The average molecular weight is 281 g/mol. The lowest BCUT2D eigenvalue weighted by molar-refractivity contribution is -0.167. The van der Waals surface area contributed by atoms with Crippen molar-refractivity contribution in [1.29, 1.82) is 0 Å². The minimum absolute atomic E-state index is 0.162. The normalized spacial score (nSPS) is 12.3. The summed E-state index contributed by atoms with van der Waals surface area (Å²) in [5.41, 5.74) is 0.153. The van der Waals surface area contributed by atoms with Gasteiger partial charge in [0.2, 0.25) is 0 Å². The topological polar surface area (TPSA) is 63.2 Å². The summed E-state index contributed by atoms with van der Waals surface area (Å²) >= 11 is 0. The molecule has 0 unspecified atom stereocenters. The summed E-state index contributed by atoms with van der Waals surface area (Å²) in [6.45, 7) is 1.46. The number of alkyl halides is 3. The zero-order valence-electron chi connectivity index (χ0n) is 9.50. The molecule has 100 valence electrons. The quantitative estimate of drug-likeness (QED) is 0.900. The fraction of sp³-hybridized carbons (Fsp3) is 0.300. The van der Waals surface area contributed by atoms with Crippen LogP contribution < -0.4 is 5.32 Å². The van der Waals surface area contributed by atoms with Crippen molar-refractivity contribution in [3.8, 4) is 0 Å². The number of benzene rings is 1. The molecule has 0 radical (unpaired) electrons. The molecule has 1 aromatic carbocycles. The summed E-state index contributed by atoms with van der Waals surface area (Å²) in [6.07, 6.45) is -4.10. The van der Waals surface area contributed by atoms with Crippen LogP contribution in [0.25, 0.3) is 0 Å². The largest absolute Gasteiger partial charge is 0.471 e. The number of carbonyl (C=O) groups excluding carboxylic acids is 1. The van der Waals surface area contributed by atoms with E-state index in [4.69, 9.17) is 0 Å². The van der Waals surface area contributed by atoms with Gasteiger partial charge in [0, 0.05) is 11.9 Å². The van der Waals surface area contributed by atoms with Crippen molar-refractivity contribution in [2.45, 2.75) is 18.0 Å². The predicted molar refractivity (Wildman–Crippen MR) is 59.0 cm³/mol. The van der Waals surface area contributed by atoms with Gasteiger partial charge >= 0.3 is 12.1 Å². The smallest absolute Gasteiger partial charge is 0.318 e. The van der Waals surface area contributed by atoms with Gasteiger partial charge in [0.05, 0.1) is 4.90 Å². The average Bonchev–Trinajstić information content (AvgIpc) is 2.18. The molecule has 1 rings (SSSR count). The first-order chi connectivity index (χ1) is 8.01. The second kappa shape index (κ2) is 4.60. The van der Waals surface area contributed by atoms with E-state index in [9.17, 15) is 26.4 Å². The number of nitrogens with one attached hydrogen (secondary N) is 1. The molecular formula is C10H10F3NO3S. The number of aryl methyl sites for hydroxylation is 1. The Morgan fingerprint density at radius 2 is 1.83 bits per heavy atom. The molecule has 18 heavy (non-hydrogen) atoms. The number of amides is 1. The third-order valence-corrected chi connectivity index (χ3v) is 3.25. The highest BCUT2D eigenvalue weighted by Crippen LogP contribution is 2.23. The fourth-order valence-electron chi connectivity index (χ4n) is 1.16. The molecule has 0 spiro atoms. The molecule has 1 aromatic rings. The highest BCUT2D eigenvalue weighted by atomic mass is 32.2. The Labute approximate surface area is 102 Å². The molecule has 0 heterocycles. The standard InChI is InChI=1S/C10H10F3NO3S/c1-6-3-4-7(18(2,16)17)5-8(6)14-9(15)10(11,12)13/h3-5H,1-2H3,(H,14,15). The van der Waals surface area contributed by atoms with Gasteiger partial charge in [-0.1, -0.05) is 6.07 Å². The maximum absolute atomic E-state index is 12.1. The van der Waals surface area contributed by atoms with E-state index in [0.717, 1.165) is 12.3 Å². The third kappa shape index (κ3) is 3.46. The minimum atomic E-state index is -5.02. The number of hydrogen-bond donors (Lipinski definition) is 1. The van der Waals surface area contributed by atoms with Gasteiger partial charge in [0.1, 0.15) is 0 Å². The summed E-state index contributed by atoms with van der Waals surface area (Å²) in [7, 11) is -3.55. The molecule has 1 N–H and O–H groups in total. The molecule has 8 heteroatoms. The molecule has 4 nitrogen and oxygen atoms in total. The number of carbonyl (C=O) groups is 1. The van der Waals surface area contributed by atoms with Crippen LogP contribution in [0.5, 0.6) is 0 Å². The van der Waals surface area contributed by atoms with E-state index in [1.54, 1.807) is 5.32 Å². The van der Waals surface area contributed by atoms with Gasteiger partial charge in [0.15, 0.2) is 9.84 Å². The fourth-order valence-corrected chi connectivity index (χ4v) is 1.81. The number of rotatable bonds is 2. The van der Waals surface area contributed by atoms with Crippen molar-refractivity contribution in [2.75, 3.05) is 11.6 Å². The molecule has 0 saturated heterocycles. The molecule has 0 fully saturated rings. The van der Waals surface area contributed by atoms with E-state index in [1.165, 1.54) is 19.1 Å². The summed E-state index contributed by atoms with van der Waals surface area (Å²) < 4.78 is 58.7. The number of halogens is 3. The molecular weight excluding hydrogens is 271 g/mol. The Morgan fingerprint density at radius 1 is 1.28 bits per heavy atom. The van der Waals surface area contributed by atoms with Crippen molar-refractivity contribution in [2.24, 2.45) is 0 Å². The summed E-state index contributed by atoms with van der Waals surface area (Å²) in [5, 5.41) is 1.63. The zero-order valence-corrected chi connectivity index (χ0v) is 10.3. The molecule has 0 aliphatic rings. The third-order valence-electron chi connectivity index (χ3n) is 2.14. The van der Waals surface area contributed by atoms with Gasteiger partial charge in [-0.25, -0.2) is 8.42 Å². The maximum atomic E-state index is 12.1. The molecule has 0 saturated carbocycles. The molecule has 1 amide bonds. The van der Waals surface area contributed by atoms with Crippen molar-refractivity contribution in [1.82, 2.24) is 0 Å². The minimum Gasteiger partial charge on any atom is -0.318 e. The summed E-state index contributed by atoms with van der Waals surface area (Å²) in [6, 6.07) is 3.57. The Balaban J connectivity index is 3.14. The van der Waals surface area contributed by atoms with Crippen LogP contribution >= 0.6 is 0 Å². The summed E-state index contributed by atoms with van der Waals surface area (Å²) in [4.78, 5) is 10.6. The summed E-state index contributed by atoms with van der Waals surface area (Å²) in [5.74, 6) is -2.14. The molecule has 0 bridgehead atoms. The first kappa shape index (κ1) is 14.5. The van der Waals surface area contributed by atoms with Crippen LogP contribution in [0, 0.1) is 6.92 Å². The van der Waals surface area contributed by atoms with Crippen LogP contribution in [0.2, 0.25) is 0 Å². The van der Waals surface area contributed by atoms with Gasteiger partial charge in [0.25, 0.3) is 0 Å². The first-order valence-electron chi connectivity index (χ1n) is 4.70. The highest BCUT2D eigenvalue weighted by molar-refractivity contribution is 7.90. The highest BCUT2D eigenvalue weighted by Gasteiger charge is 2.38. The second-order valence-electron chi connectivity index (χ2n) is 3.70. The SMILES string of the molecule is Cc1ccc(S(C)(=O)=O)cc1NC(=O)C(F)(F)F.